The normalized spacial score (nSPS) is 11.6. The number of aromatic nitrogens is 2. The van der Waals surface area contributed by atoms with Gasteiger partial charge in [0, 0.05) is 18.9 Å². The molecule has 6 heteroatoms. The molecule has 102 valence electrons. The zero-order valence-corrected chi connectivity index (χ0v) is 10.5. The highest BCUT2D eigenvalue weighted by Gasteiger charge is 2.29. The first kappa shape index (κ1) is 13.5. The summed E-state index contributed by atoms with van der Waals surface area (Å²) in [6, 6.07) is 4.61. The van der Waals surface area contributed by atoms with Crippen LogP contribution in [-0.4, -0.2) is 9.55 Å². The van der Waals surface area contributed by atoms with Crippen molar-refractivity contribution in [3.8, 4) is 5.75 Å². The number of alkyl halides is 3. The van der Waals surface area contributed by atoms with Gasteiger partial charge in [0.15, 0.2) is 0 Å². The van der Waals surface area contributed by atoms with Crippen molar-refractivity contribution in [3.05, 3.63) is 47.5 Å². The van der Waals surface area contributed by atoms with Gasteiger partial charge in [0.2, 0.25) is 0 Å². The van der Waals surface area contributed by atoms with Crippen molar-refractivity contribution in [1.29, 1.82) is 0 Å². The Morgan fingerprint density at radius 3 is 2.32 bits per heavy atom. The molecule has 0 aliphatic heterocycles. The molecule has 1 aromatic carbocycles. The minimum Gasteiger partial charge on any atom is -0.486 e. The molecule has 0 saturated heterocycles. The van der Waals surface area contributed by atoms with Crippen molar-refractivity contribution < 1.29 is 17.9 Å². The topological polar surface area (TPSA) is 27.1 Å². The molecule has 1 heterocycles. The van der Waals surface area contributed by atoms with Crippen LogP contribution >= 0.6 is 0 Å². The van der Waals surface area contributed by atoms with Gasteiger partial charge in [-0.1, -0.05) is 0 Å². The average Bonchev–Trinajstić information content (AvgIpc) is 2.67. The molecule has 0 aliphatic carbocycles. The van der Waals surface area contributed by atoms with Crippen LogP contribution in [0.15, 0.2) is 30.5 Å². The van der Waals surface area contributed by atoms with E-state index < -0.39 is 11.7 Å². The largest absolute Gasteiger partial charge is 0.486 e. The van der Waals surface area contributed by atoms with E-state index in [2.05, 4.69) is 4.98 Å². The molecule has 3 nitrogen and oxygen atoms in total. The molecule has 0 bridgehead atoms. The van der Waals surface area contributed by atoms with Gasteiger partial charge in [0.05, 0.1) is 5.56 Å². The third-order valence-electron chi connectivity index (χ3n) is 2.87. The molecule has 0 radical (unpaired) electrons. The standard InChI is InChI=1S/C13H13F3N2O/c1-9-7-17-12(18(9)2)8-19-11-5-3-10(4-6-11)13(14,15)16/h3-7H,8H2,1-2H3. The van der Waals surface area contributed by atoms with E-state index >= 15 is 0 Å². The van der Waals surface area contributed by atoms with Gasteiger partial charge in [-0.05, 0) is 31.2 Å². The number of nitrogens with zero attached hydrogens (tertiary/aromatic N) is 2. The van der Waals surface area contributed by atoms with E-state index in [1.54, 1.807) is 6.20 Å². The highest BCUT2D eigenvalue weighted by Crippen LogP contribution is 2.30. The Morgan fingerprint density at radius 1 is 1.21 bits per heavy atom. The molecule has 0 aliphatic rings. The van der Waals surface area contributed by atoms with Crippen LogP contribution in [0.25, 0.3) is 0 Å². The van der Waals surface area contributed by atoms with Gasteiger partial charge < -0.3 is 9.30 Å². The quantitative estimate of drug-likeness (QED) is 0.855. The van der Waals surface area contributed by atoms with Crippen LogP contribution in [0.2, 0.25) is 0 Å². The van der Waals surface area contributed by atoms with E-state index in [1.807, 2.05) is 18.5 Å². The molecule has 2 aromatic rings. The first-order valence-corrected chi connectivity index (χ1v) is 5.65. The molecule has 2 rings (SSSR count). The second-order valence-electron chi connectivity index (χ2n) is 4.19. The van der Waals surface area contributed by atoms with E-state index in [9.17, 15) is 13.2 Å². The highest BCUT2D eigenvalue weighted by atomic mass is 19.4. The smallest absolute Gasteiger partial charge is 0.416 e. The SMILES string of the molecule is Cc1cnc(COc2ccc(C(F)(F)F)cc2)n1C. The summed E-state index contributed by atoms with van der Waals surface area (Å²) in [6.07, 6.45) is -2.61. The van der Waals surface area contributed by atoms with Crippen molar-refractivity contribution in [3.63, 3.8) is 0 Å². The summed E-state index contributed by atoms with van der Waals surface area (Å²) in [7, 11) is 1.85. The van der Waals surface area contributed by atoms with Gasteiger partial charge in [-0.2, -0.15) is 13.2 Å². The third-order valence-corrected chi connectivity index (χ3v) is 2.87. The second-order valence-corrected chi connectivity index (χ2v) is 4.19. The third kappa shape index (κ3) is 3.07. The Morgan fingerprint density at radius 2 is 1.84 bits per heavy atom. The van der Waals surface area contributed by atoms with Gasteiger partial charge in [-0.3, -0.25) is 0 Å². The van der Waals surface area contributed by atoms with Crippen LogP contribution in [0.5, 0.6) is 5.75 Å². The van der Waals surface area contributed by atoms with Crippen molar-refractivity contribution in [2.24, 2.45) is 7.05 Å². The number of ether oxygens (including phenoxy) is 1. The summed E-state index contributed by atoms with van der Waals surface area (Å²) in [5.41, 5.74) is 0.304. The lowest BCUT2D eigenvalue weighted by Crippen LogP contribution is -2.06. The fourth-order valence-corrected chi connectivity index (χ4v) is 1.57. The minimum atomic E-state index is -4.32. The number of imidazole rings is 1. The molecular formula is C13H13F3N2O. The fraction of sp³-hybridized carbons (Fsp3) is 0.308. The molecule has 0 N–H and O–H groups in total. The molecule has 0 saturated carbocycles. The Balaban J connectivity index is 2.03. The van der Waals surface area contributed by atoms with Crippen LogP contribution in [0, 0.1) is 6.92 Å². The lowest BCUT2D eigenvalue weighted by atomic mass is 10.2. The molecule has 1 aromatic heterocycles. The van der Waals surface area contributed by atoms with Crippen molar-refractivity contribution in [2.45, 2.75) is 19.7 Å². The fourth-order valence-electron chi connectivity index (χ4n) is 1.57. The number of hydrogen-bond donors (Lipinski definition) is 0. The molecule has 0 amide bonds. The van der Waals surface area contributed by atoms with Crippen LogP contribution in [0.1, 0.15) is 17.1 Å². The minimum absolute atomic E-state index is 0.218. The summed E-state index contributed by atoms with van der Waals surface area (Å²) in [4.78, 5) is 4.15. The van der Waals surface area contributed by atoms with Crippen molar-refractivity contribution in [1.82, 2.24) is 9.55 Å². The number of benzene rings is 1. The zero-order valence-electron chi connectivity index (χ0n) is 10.5. The molecule has 19 heavy (non-hydrogen) atoms. The monoisotopic (exact) mass is 270 g/mol. The van der Waals surface area contributed by atoms with Gasteiger partial charge in [-0.15, -0.1) is 0 Å². The second kappa shape index (κ2) is 4.95. The Bertz CT molecular complexity index is 558. The summed E-state index contributed by atoms with van der Waals surface area (Å²) in [5.74, 6) is 1.10. The first-order valence-electron chi connectivity index (χ1n) is 5.65. The Kier molecular flexibility index (Phi) is 3.50. The van der Waals surface area contributed by atoms with E-state index in [0.717, 1.165) is 23.7 Å². The van der Waals surface area contributed by atoms with Gasteiger partial charge >= 0.3 is 6.18 Å². The number of rotatable bonds is 3. The van der Waals surface area contributed by atoms with Crippen LogP contribution in [0.3, 0.4) is 0 Å². The molecule has 0 atom stereocenters. The maximum atomic E-state index is 12.4. The van der Waals surface area contributed by atoms with Crippen LogP contribution in [0.4, 0.5) is 13.2 Å². The summed E-state index contributed by atoms with van der Waals surface area (Å²) >= 11 is 0. The van der Waals surface area contributed by atoms with Crippen molar-refractivity contribution in [2.75, 3.05) is 0 Å². The maximum Gasteiger partial charge on any atom is 0.416 e. The maximum absolute atomic E-state index is 12.4. The van der Waals surface area contributed by atoms with Crippen LogP contribution in [-0.2, 0) is 19.8 Å². The van der Waals surface area contributed by atoms with Crippen molar-refractivity contribution >= 4 is 0 Å². The molecular weight excluding hydrogens is 257 g/mol. The number of hydrogen-bond acceptors (Lipinski definition) is 2. The van der Waals surface area contributed by atoms with Gasteiger partial charge in [-0.25, -0.2) is 4.98 Å². The summed E-state index contributed by atoms with van der Waals surface area (Å²) in [6.45, 7) is 2.13. The van der Waals surface area contributed by atoms with E-state index in [4.69, 9.17) is 4.74 Å². The van der Waals surface area contributed by atoms with Crippen LogP contribution < -0.4 is 4.74 Å². The highest BCUT2D eigenvalue weighted by molar-refractivity contribution is 5.28. The molecule has 0 spiro atoms. The predicted octanol–water partition coefficient (Wildman–Crippen LogP) is 3.33. The van der Waals surface area contributed by atoms with E-state index in [0.29, 0.717) is 5.75 Å². The lowest BCUT2D eigenvalue weighted by Gasteiger charge is -2.09. The Labute approximate surface area is 108 Å². The molecule has 0 unspecified atom stereocenters. The molecule has 0 fully saturated rings. The average molecular weight is 270 g/mol. The van der Waals surface area contributed by atoms with E-state index in [1.165, 1.54) is 12.1 Å². The predicted molar refractivity (Wildman–Crippen MR) is 63.7 cm³/mol. The van der Waals surface area contributed by atoms with Gasteiger partial charge in [0.25, 0.3) is 0 Å². The Hall–Kier alpha value is -1.98. The number of aryl methyl sites for hydroxylation is 1. The van der Waals surface area contributed by atoms with Gasteiger partial charge in [0.1, 0.15) is 18.2 Å². The zero-order chi connectivity index (χ0) is 14.0. The van der Waals surface area contributed by atoms with E-state index in [-0.39, 0.29) is 6.61 Å². The number of halogens is 3. The summed E-state index contributed by atoms with van der Waals surface area (Å²) in [5, 5.41) is 0. The summed E-state index contributed by atoms with van der Waals surface area (Å²) < 4.78 is 44.4. The first-order chi connectivity index (χ1) is 8.88. The lowest BCUT2D eigenvalue weighted by molar-refractivity contribution is -0.137.